The van der Waals surface area contributed by atoms with Gasteiger partial charge in [-0.1, -0.05) is 11.8 Å². The molecule has 5 nitrogen and oxygen atoms in total. The van der Waals surface area contributed by atoms with Crippen LogP contribution in [0.5, 0.6) is 0 Å². The Labute approximate surface area is 135 Å². The van der Waals surface area contributed by atoms with Gasteiger partial charge >= 0.3 is 5.97 Å². The van der Waals surface area contributed by atoms with Crippen LogP contribution in [-0.2, 0) is 11.8 Å². The van der Waals surface area contributed by atoms with Crippen LogP contribution in [0.2, 0.25) is 0 Å². The molecule has 0 atom stereocenters. The van der Waals surface area contributed by atoms with Gasteiger partial charge in [-0.3, -0.25) is 4.79 Å². The van der Waals surface area contributed by atoms with E-state index in [0.29, 0.717) is 27.7 Å². The van der Waals surface area contributed by atoms with Gasteiger partial charge in [0.15, 0.2) is 0 Å². The number of nitrogens with one attached hydrogen (secondary N) is 1. The lowest BCUT2D eigenvalue weighted by atomic mass is 9.97. The van der Waals surface area contributed by atoms with E-state index in [2.05, 4.69) is 16.8 Å². The zero-order valence-electron chi connectivity index (χ0n) is 14.5. The largest absolute Gasteiger partial charge is 0.462 e. The van der Waals surface area contributed by atoms with Crippen molar-refractivity contribution in [2.45, 2.75) is 34.6 Å². The van der Waals surface area contributed by atoms with E-state index in [1.807, 2.05) is 20.8 Å². The highest BCUT2D eigenvalue weighted by atomic mass is 16.5. The smallest absolute Gasteiger partial charge is 0.340 e. The van der Waals surface area contributed by atoms with E-state index >= 15 is 0 Å². The third-order valence-corrected chi connectivity index (χ3v) is 3.37. The zero-order valence-corrected chi connectivity index (χ0v) is 14.5. The first kappa shape index (κ1) is 16.9. The van der Waals surface area contributed by atoms with E-state index in [9.17, 15) is 9.59 Å². The lowest BCUT2D eigenvalue weighted by Gasteiger charge is -2.08. The minimum Gasteiger partial charge on any atom is -0.462 e. The van der Waals surface area contributed by atoms with Crippen molar-refractivity contribution < 1.29 is 9.53 Å². The SMILES string of the molecule is CCOC(=O)c1c(C)[nH]c2c(=O)n(C)cc(C#CC(C)(C)C)c12. The van der Waals surface area contributed by atoms with E-state index in [4.69, 9.17) is 4.74 Å². The van der Waals surface area contributed by atoms with Crippen LogP contribution in [0.25, 0.3) is 10.9 Å². The van der Waals surface area contributed by atoms with Crippen LogP contribution in [-0.4, -0.2) is 22.1 Å². The number of esters is 1. The molecule has 23 heavy (non-hydrogen) atoms. The molecule has 0 unspecified atom stereocenters. The van der Waals surface area contributed by atoms with Crippen molar-refractivity contribution in [2.24, 2.45) is 12.5 Å². The van der Waals surface area contributed by atoms with E-state index in [0.717, 1.165) is 0 Å². The highest BCUT2D eigenvalue weighted by Gasteiger charge is 2.22. The molecule has 122 valence electrons. The van der Waals surface area contributed by atoms with Crippen LogP contribution in [0.15, 0.2) is 11.0 Å². The molecule has 0 aromatic carbocycles. The molecule has 5 heteroatoms. The van der Waals surface area contributed by atoms with Gasteiger partial charge in [-0.15, -0.1) is 0 Å². The second kappa shape index (κ2) is 5.96. The van der Waals surface area contributed by atoms with Gasteiger partial charge in [-0.05, 0) is 34.6 Å². The second-order valence-electron chi connectivity index (χ2n) is 6.55. The van der Waals surface area contributed by atoms with Gasteiger partial charge in [0.25, 0.3) is 5.56 Å². The van der Waals surface area contributed by atoms with Gasteiger partial charge in [0.2, 0.25) is 0 Å². The zero-order chi connectivity index (χ0) is 17.4. The number of carbonyl (C=O) groups excluding carboxylic acids is 1. The van der Waals surface area contributed by atoms with Gasteiger partial charge in [0.1, 0.15) is 5.52 Å². The van der Waals surface area contributed by atoms with Crippen LogP contribution in [0.4, 0.5) is 0 Å². The molecule has 1 N–H and O–H groups in total. The quantitative estimate of drug-likeness (QED) is 0.685. The van der Waals surface area contributed by atoms with Crippen LogP contribution in [0, 0.1) is 24.2 Å². The monoisotopic (exact) mass is 314 g/mol. The molecule has 0 radical (unpaired) electrons. The maximum absolute atomic E-state index is 12.4. The summed E-state index contributed by atoms with van der Waals surface area (Å²) in [5.41, 5.74) is 1.65. The predicted octanol–water partition coefficient (Wildman–Crippen LogP) is 2.75. The Morgan fingerprint density at radius 2 is 2.04 bits per heavy atom. The number of ether oxygens (including phenoxy) is 1. The maximum atomic E-state index is 12.4. The minimum absolute atomic E-state index is 0.184. The number of hydrogen-bond donors (Lipinski definition) is 1. The Kier molecular flexibility index (Phi) is 4.37. The van der Waals surface area contributed by atoms with Crippen molar-refractivity contribution in [2.75, 3.05) is 6.61 Å². The lowest BCUT2D eigenvalue weighted by Crippen LogP contribution is -2.17. The molecule has 0 aliphatic rings. The molecular formula is C18H22N2O3. The fourth-order valence-electron chi connectivity index (χ4n) is 2.36. The van der Waals surface area contributed by atoms with Crippen molar-refractivity contribution in [3.8, 4) is 11.8 Å². The van der Waals surface area contributed by atoms with Gasteiger partial charge in [-0.25, -0.2) is 4.79 Å². The summed E-state index contributed by atoms with van der Waals surface area (Å²) in [5.74, 6) is 5.82. The summed E-state index contributed by atoms with van der Waals surface area (Å²) in [4.78, 5) is 27.7. The molecule has 2 aromatic rings. The third-order valence-electron chi connectivity index (χ3n) is 3.37. The Morgan fingerprint density at radius 1 is 1.39 bits per heavy atom. The van der Waals surface area contributed by atoms with E-state index < -0.39 is 5.97 Å². The van der Waals surface area contributed by atoms with Crippen LogP contribution in [0.3, 0.4) is 0 Å². The van der Waals surface area contributed by atoms with Crippen molar-refractivity contribution in [1.29, 1.82) is 0 Å². The first-order chi connectivity index (χ1) is 10.7. The summed E-state index contributed by atoms with van der Waals surface area (Å²) in [6.07, 6.45) is 1.67. The van der Waals surface area contributed by atoms with Crippen LogP contribution >= 0.6 is 0 Å². The Morgan fingerprint density at radius 3 is 2.61 bits per heavy atom. The number of nitrogens with zero attached hydrogens (tertiary/aromatic N) is 1. The van der Waals surface area contributed by atoms with E-state index in [-0.39, 0.29) is 17.6 Å². The highest BCUT2D eigenvalue weighted by Crippen LogP contribution is 2.24. The Hall–Kier alpha value is -2.48. The van der Waals surface area contributed by atoms with Crippen LogP contribution in [0.1, 0.15) is 49.3 Å². The minimum atomic E-state index is -0.441. The molecule has 0 aliphatic heterocycles. The fraction of sp³-hybridized carbons (Fsp3) is 0.444. The molecule has 2 heterocycles. The molecule has 0 fully saturated rings. The first-order valence-corrected chi connectivity index (χ1v) is 7.58. The Bertz CT molecular complexity index is 883. The number of H-pyrrole nitrogens is 1. The molecule has 2 rings (SSSR count). The van der Waals surface area contributed by atoms with Crippen molar-refractivity contribution in [1.82, 2.24) is 9.55 Å². The van der Waals surface area contributed by atoms with E-state index in [1.54, 1.807) is 27.1 Å². The molecule has 0 saturated carbocycles. The Balaban J connectivity index is 2.85. The summed E-state index contributed by atoms with van der Waals surface area (Å²) >= 11 is 0. The number of fused-ring (bicyclic) bond motifs is 1. The molecule has 2 aromatic heterocycles. The number of carbonyl (C=O) groups is 1. The lowest BCUT2D eigenvalue weighted by molar-refractivity contribution is 0.0528. The second-order valence-corrected chi connectivity index (χ2v) is 6.55. The summed E-state index contributed by atoms with van der Waals surface area (Å²) in [6.45, 7) is 9.81. The molecule has 0 saturated heterocycles. The molecule has 0 spiro atoms. The number of aromatic nitrogens is 2. The van der Waals surface area contributed by atoms with Crippen LogP contribution < -0.4 is 5.56 Å². The number of pyridine rings is 1. The summed E-state index contributed by atoms with van der Waals surface area (Å²) < 4.78 is 6.60. The first-order valence-electron chi connectivity index (χ1n) is 7.58. The normalized spacial score (nSPS) is 11.2. The van der Waals surface area contributed by atoms with Gasteiger partial charge < -0.3 is 14.3 Å². The average molecular weight is 314 g/mol. The summed E-state index contributed by atoms with van der Waals surface area (Å²) in [5, 5.41) is 0.542. The number of aromatic amines is 1. The van der Waals surface area contributed by atoms with Gasteiger partial charge in [-0.2, -0.15) is 0 Å². The summed E-state index contributed by atoms with van der Waals surface area (Å²) in [7, 11) is 1.67. The summed E-state index contributed by atoms with van der Waals surface area (Å²) in [6, 6.07) is 0. The molecular weight excluding hydrogens is 292 g/mol. The average Bonchev–Trinajstić information content (AvgIpc) is 2.78. The van der Waals surface area contributed by atoms with Crippen molar-refractivity contribution in [3.05, 3.63) is 33.4 Å². The maximum Gasteiger partial charge on any atom is 0.340 e. The number of rotatable bonds is 2. The fourth-order valence-corrected chi connectivity index (χ4v) is 2.36. The standard InChI is InChI=1S/C18H22N2O3/c1-7-23-17(22)13-11(2)19-15-14(13)12(8-9-18(3,4)5)10-20(6)16(15)21/h10,19H,7H2,1-6H3. The van der Waals surface area contributed by atoms with E-state index in [1.165, 1.54) is 4.57 Å². The topological polar surface area (TPSA) is 64.1 Å². The predicted molar refractivity (Wildman–Crippen MR) is 90.6 cm³/mol. The molecule has 0 bridgehead atoms. The third kappa shape index (κ3) is 3.31. The highest BCUT2D eigenvalue weighted by molar-refractivity contribution is 6.07. The van der Waals surface area contributed by atoms with Gasteiger partial charge in [0, 0.05) is 29.7 Å². The number of hydrogen-bond acceptors (Lipinski definition) is 3. The molecule has 0 aliphatic carbocycles. The molecule has 0 amide bonds. The number of aryl methyl sites for hydroxylation is 2. The van der Waals surface area contributed by atoms with Crippen molar-refractivity contribution >= 4 is 16.9 Å². The van der Waals surface area contributed by atoms with Crippen molar-refractivity contribution in [3.63, 3.8) is 0 Å². The van der Waals surface area contributed by atoms with Gasteiger partial charge in [0.05, 0.1) is 17.7 Å².